The summed E-state index contributed by atoms with van der Waals surface area (Å²) in [6.45, 7) is 0. The van der Waals surface area contributed by atoms with Crippen molar-refractivity contribution in [3.63, 3.8) is 0 Å². The van der Waals surface area contributed by atoms with Crippen molar-refractivity contribution in [3.05, 3.63) is 27.3 Å². The second-order valence-corrected chi connectivity index (χ2v) is 3.38. The molecule has 1 rings (SSSR count). The van der Waals surface area contributed by atoms with Crippen LogP contribution in [0.2, 0.25) is 0 Å². The van der Waals surface area contributed by atoms with Crippen LogP contribution < -0.4 is 0 Å². The maximum Gasteiger partial charge on any atom is 0.310 e. The maximum absolute atomic E-state index is 12.7. The quantitative estimate of drug-likeness (QED) is 0.472. The molecule has 0 atom stereocenters. The number of esters is 1. The van der Waals surface area contributed by atoms with Crippen molar-refractivity contribution in [1.29, 1.82) is 0 Å². The lowest BCUT2D eigenvalue weighted by Crippen LogP contribution is -2.07. The van der Waals surface area contributed by atoms with Gasteiger partial charge < -0.3 is 4.74 Å². The van der Waals surface area contributed by atoms with E-state index in [2.05, 4.69) is 9.72 Å². The predicted molar refractivity (Wildman–Crippen MR) is 52.6 cm³/mol. The van der Waals surface area contributed by atoms with Crippen molar-refractivity contribution in [2.24, 2.45) is 0 Å². The van der Waals surface area contributed by atoms with E-state index in [4.69, 9.17) is 0 Å². The monoisotopic (exact) mass is 295 g/mol. The van der Waals surface area contributed by atoms with Crippen LogP contribution in [0.25, 0.3) is 0 Å². The van der Waals surface area contributed by atoms with Gasteiger partial charge in [-0.3, -0.25) is 4.79 Å². The first-order chi connectivity index (χ1) is 6.13. The Morgan fingerprint density at radius 1 is 1.77 bits per heavy atom. The highest BCUT2D eigenvalue weighted by Crippen LogP contribution is 2.11. The molecular formula is C8H7FINO2. The van der Waals surface area contributed by atoms with Crippen LogP contribution in [0.15, 0.2) is 12.3 Å². The van der Waals surface area contributed by atoms with Crippen molar-refractivity contribution in [3.8, 4) is 0 Å². The molecule has 1 aromatic rings. The van der Waals surface area contributed by atoms with Crippen LogP contribution in [-0.4, -0.2) is 18.1 Å². The molecule has 0 saturated carbocycles. The Hall–Kier alpha value is -0.720. The molecule has 0 aliphatic heterocycles. The molecule has 0 saturated heterocycles. The fraction of sp³-hybridized carbons (Fsp3) is 0.250. The summed E-state index contributed by atoms with van der Waals surface area (Å²) in [4.78, 5) is 14.6. The lowest BCUT2D eigenvalue weighted by atomic mass is 10.2. The van der Waals surface area contributed by atoms with Gasteiger partial charge in [0.2, 0.25) is 0 Å². The summed E-state index contributed by atoms with van der Waals surface area (Å²) in [5.74, 6) is -0.843. The van der Waals surface area contributed by atoms with Crippen LogP contribution in [0, 0.1) is 9.52 Å². The van der Waals surface area contributed by atoms with Gasteiger partial charge in [-0.15, -0.1) is 0 Å². The minimum absolute atomic E-state index is 0.0551. The third-order valence-corrected chi connectivity index (χ3v) is 2.41. The number of hydrogen-bond acceptors (Lipinski definition) is 3. The largest absolute Gasteiger partial charge is 0.469 e. The second-order valence-electron chi connectivity index (χ2n) is 2.36. The van der Waals surface area contributed by atoms with Crippen molar-refractivity contribution in [2.45, 2.75) is 6.42 Å². The second kappa shape index (κ2) is 4.50. The SMILES string of the molecule is COC(=O)Cc1cc(F)cnc1I. The molecule has 0 bridgehead atoms. The van der Waals surface area contributed by atoms with Crippen LogP contribution in [0.5, 0.6) is 0 Å². The van der Waals surface area contributed by atoms with E-state index in [0.717, 1.165) is 6.20 Å². The fourth-order valence-corrected chi connectivity index (χ4v) is 1.30. The summed E-state index contributed by atoms with van der Waals surface area (Å²) in [6.07, 6.45) is 1.17. The number of hydrogen-bond donors (Lipinski definition) is 0. The van der Waals surface area contributed by atoms with Gasteiger partial charge in [0.15, 0.2) is 0 Å². The van der Waals surface area contributed by atoms with E-state index in [9.17, 15) is 9.18 Å². The van der Waals surface area contributed by atoms with Crippen LogP contribution >= 0.6 is 22.6 Å². The Morgan fingerprint density at radius 2 is 2.46 bits per heavy atom. The summed E-state index contributed by atoms with van der Waals surface area (Å²) >= 11 is 1.94. The average Bonchev–Trinajstić information content (AvgIpc) is 2.11. The lowest BCUT2D eigenvalue weighted by Gasteiger charge is -2.01. The van der Waals surface area contributed by atoms with Crippen LogP contribution in [-0.2, 0) is 16.0 Å². The van der Waals surface area contributed by atoms with Gasteiger partial charge in [0.1, 0.15) is 9.52 Å². The lowest BCUT2D eigenvalue weighted by molar-refractivity contribution is -0.139. The predicted octanol–water partition coefficient (Wildman–Crippen LogP) is 1.54. The number of aromatic nitrogens is 1. The Labute approximate surface area is 88.4 Å². The van der Waals surface area contributed by atoms with Crippen LogP contribution in [0.4, 0.5) is 4.39 Å². The van der Waals surface area contributed by atoms with Crippen LogP contribution in [0.1, 0.15) is 5.56 Å². The topological polar surface area (TPSA) is 39.2 Å². The molecule has 70 valence electrons. The van der Waals surface area contributed by atoms with Gasteiger partial charge in [-0.25, -0.2) is 9.37 Å². The van der Waals surface area contributed by atoms with Gasteiger partial charge in [0, 0.05) is 0 Å². The zero-order valence-corrected chi connectivity index (χ0v) is 9.04. The highest BCUT2D eigenvalue weighted by atomic mass is 127. The Bertz CT molecular complexity index is 330. The van der Waals surface area contributed by atoms with E-state index in [-0.39, 0.29) is 6.42 Å². The normalized spacial score (nSPS) is 9.77. The van der Waals surface area contributed by atoms with Gasteiger partial charge in [-0.05, 0) is 34.2 Å². The highest BCUT2D eigenvalue weighted by molar-refractivity contribution is 14.1. The fourth-order valence-electron chi connectivity index (χ4n) is 0.816. The molecule has 0 spiro atoms. The average molecular weight is 295 g/mol. The van der Waals surface area contributed by atoms with E-state index in [1.165, 1.54) is 13.2 Å². The van der Waals surface area contributed by atoms with Gasteiger partial charge in [0.25, 0.3) is 0 Å². The summed E-state index contributed by atoms with van der Waals surface area (Å²) in [5.41, 5.74) is 0.549. The molecule has 0 radical (unpaired) electrons. The van der Waals surface area contributed by atoms with Crippen molar-refractivity contribution < 1.29 is 13.9 Å². The molecule has 5 heteroatoms. The number of halogens is 2. The molecule has 0 aromatic carbocycles. The number of carbonyl (C=O) groups excluding carboxylic acids is 1. The van der Waals surface area contributed by atoms with Gasteiger partial charge in [0.05, 0.1) is 19.7 Å². The van der Waals surface area contributed by atoms with Gasteiger partial charge >= 0.3 is 5.97 Å². The first kappa shape index (κ1) is 10.4. The third-order valence-electron chi connectivity index (χ3n) is 1.44. The van der Waals surface area contributed by atoms with E-state index in [0.29, 0.717) is 9.26 Å². The molecule has 13 heavy (non-hydrogen) atoms. The zero-order chi connectivity index (χ0) is 9.84. The molecule has 0 N–H and O–H groups in total. The first-order valence-corrected chi connectivity index (χ1v) is 4.58. The molecule has 0 unspecified atom stereocenters. The number of ether oxygens (including phenoxy) is 1. The standard InChI is InChI=1S/C8H7FINO2/c1-13-7(12)3-5-2-6(9)4-11-8(5)10/h2,4H,3H2,1H3. The van der Waals surface area contributed by atoms with Crippen molar-refractivity contribution >= 4 is 28.6 Å². The molecule has 0 aliphatic carbocycles. The van der Waals surface area contributed by atoms with E-state index >= 15 is 0 Å². The number of pyridine rings is 1. The number of nitrogens with zero attached hydrogens (tertiary/aromatic N) is 1. The molecule has 0 aliphatic rings. The Morgan fingerprint density at radius 3 is 3.08 bits per heavy atom. The highest BCUT2D eigenvalue weighted by Gasteiger charge is 2.08. The summed E-state index contributed by atoms with van der Waals surface area (Å²) in [6, 6.07) is 1.28. The maximum atomic E-state index is 12.7. The van der Waals surface area contributed by atoms with E-state index in [1.54, 1.807) is 0 Å². The summed E-state index contributed by atoms with van der Waals surface area (Å²) in [5, 5.41) is 0. The molecule has 1 aromatic heterocycles. The summed E-state index contributed by atoms with van der Waals surface area (Å²) < 4.78 is 17.8. The first-order valence-electron chi connectivity index (χ1n) is 3.50. The minimum Gasteiger partial charge on any atom is -0.469 e. The Balaban J connectivity index is 2.87. The van der Waals surface area contributed by atoms with E-state index < -0.39 is 11.8 Å². The number of rotatable bonds is 2. The molecule has 3 nitrogen and oxygen atoms in total. The molecule has 0 fully saturated rings. The van der Waals surface area contributed by atoms with Crippen LogP contribution in [0.3, 0.4) is 0 Å². The minimum atomic E-state index is -0.445. The smallest absolute Gasteiger partial charge is 0.310 e. The van der Waals surface area contributed by atoms with Gasteiger partial charge in [-0.2, -0.15) is 0 Å². The number of carbonyl (C=O) groups is 1. The Kier molecular flexibility index (Phi) is 3.58. The summed E-state index contributed by atoms with van der Waals surface area (Å²) in [7, 11) is 1.29. The molecule has 1 heterocycles. The van der Waals surface area contributed by atoms with Crippen molar-refractivity contribution in [1.82, 2.24) is 4.98 Å². The molecular weight excluding hydrogens is 288 g/mol. The van der Waals surface area contributed by atoms with E-state index in [1.807, 2.05) is 22.6 Å². The third kappa shape index (κ3) is 2.91. The molecule has 0 amide bonds. The number of methoxy groups -OCH3 is 1. The zero-order valence-electron chi connectivity index (χ0n) is 6.88. The van der Waals surface area contributed by atoms with Gasteiger partial charge in [-0.1, -0.05) is 0 Å². The van der Waals surface area contributed by atoms with Crippen molar-refractivity contribution in [2.75, 3.05) is 7.11 Å².